The molecule has 0 unspecified atom stereocenters. The summed E-state index contributed by atoms with van der Waals surface area (Å²) < 4.78 is 0. The Bertz CT molecular complexity index is 186. The predicted octanol–water partition coefficient (Wildman–Crippen LogP) is 2.81. The largest absolute Gasteiger partial charge is 0.320 e. The normalized spacial score (nSPS) is 49.9. The van der Waals surface area contributed by atoms with Gasteiger partial charge in [-0.3, -0.25) is 0 Å². The van der Waals surface area contributed by atoms with E-state index >= 15 is 0 Å². The van der Waals surface area contributed by atoms with Gasteiger partial charge in [-0.2, -0.15) is 0 Å². The van der Waals surface area contributed by atoms with E-state index in [-0.39, 0.29) is 0 Å². The summed E-state index contributed by atoms with van der Waals surface area (Å²) in [5.41, 5.74) is 0.789. The van der Waals surface area contributed by atoms with Crippen LogP contribution in [-0.2, 0) is 0 Å². The first kappa shape index (κ1) is 9.21. The molecule has 4 bridgehead atoms. The van der Waals surface area contributed by atoms with Gasteiger partial charge in [0.25, 0.3) is 0 Å². The quantitative estimate of drug-likeness (QED) is 0.727. The Morgan fingerprint density at radius 1 is 1.00 bits per heavy atom. The van der Waals surface area contributed by atoms with E-state index in [0.717, 1.165) is 23.2 Å². The molecular weight excluding hydrogens is 170 g/mol. The van der Waals surface area contributed by atoms with Crippen molar-refractivity contribution in [2.75, 3.05) is 13.6 Å². The summed E-state index contributed by atoms with van der Waals surface area (Å²) in [5, 5.41) is 3.34. The first-order valence-corrected chi connectivity index (χ1v) is 6.44. The second-order valence-electron chi connectivity index (χ2n) is 6.27. The maximum atomic E-state index is 3.34. The highest BCUT2D eigenvalue weighted by molar-refractivity contribution is 5.01. The molecule has 0 radical (unpaired) electrons. The summed E-state index contributed by atoms with van der Waals surface area (Å²) in [5.74, 6) is 3.37. The highest BCUT2D eigenvalue weighted by Crippen LogP contribution is 2.61. The van der Waals surface area contributed by atoms with Crippen molar-refractivity contribution in [2.45, 2.75) is 44.9 Å². The highest BCUT2D eigenvalue weighted by atomic mass is 14.8. The Morgan fingerprint density at radius 2 is 1.50 bits per heavy atom. The fraction of sp³-hybridized carbons (Fsp3) is 1.00. The molecule has 0 heterocycles. The summed E-state index contributed by atoms with van der Waals surface area (Å²) in [4.78, 5) is 0. The lowest BCUT2D eigenvalue weighted by Crippen LogP contribution is -2.46. The zero-order chi connectivity index (χ0) is 9.60. The molecule has 0 aliphatic heterocycles. The van der Waals surface area contributed by atoms with Gasteiger partial charge in [0, 0.05) is 0 Å². The number of nitrogens with one attached hydrogen (secondary N) is 1. The molecule has 1 heteroatoms. The summed E-state index contributed by atoms with van der Waals surface area (Å²) in [6.45, 7) is 1.24. The molecule has 0 atom stereocenters. The van der Waals surface area contributed by atoms with Crippen molar-refractivity contribution < 1.29 is 0 Å². The van der Waals surface area contributed by atoms with Crippen LogP contribution in [0.5, 0.6) is 0 Å². The monoisotopic (exact) mass is 193 g/mol. The van der Waals surface area contributed by atoms with Gasteiger partial charge >= 0.3 is 0 Å². The van der Waals surface area contributed by atoms with Crippen molar-refractivity contribution in [1.82, 2.24) is 5.32 Å². The van der Waals surface area contributed by atoms with Gasteiger partial charge in [-0.1, -0.05) is 0 Å². The summed E-state index contributed by atoms with van der Waals surface area (Å²) in [6, 6.07) is 0. The van der Waals surface area contributed by atoms with Gasteiger partial charge in [-0.25, -0.2) is 0 Å². The van der Waals surface area contributed by atoms with E-state index in [1.807, 2.05) is 0 Å². The van der Waals surface area contributed by atoms with Crippen LogP contribution in [-0.4, -0.2) is 13.6 Å². The molecule has 0 spiro atoms. The molecule has 0 amide bonds. The van der Waals surface area contributed by atoms with Crippen LogP contribution in [0.2, 0.25) is 0 Å². The van der Waals surface area contributed by atoms with E-state index in [0.29, 0.717) is 0 Å². The van der Waals surface area contributed by atoms with E-state index in [4.69, 9.17) is 0 Å². The molecule has 80 valence electrons. The zero-order valence-corrected chi connectivity index (χ0v) is 9.39. The molecule has 1 N–H and O–H groups in total. The second kappa shape index (κ2) is 3.23. The van der Waals surface area contributed by atoms with Crippen LogP contribution in [0, 0.1) is 23.2 Å². The Balaban J connectivity index is 1.74. The van der Waals surface area contributed by atoms with Gasteiger partial charge in [0.1, 0.15) is 0 Å². The number of hydrogen-bond acceptors (Lipinski definition) is 1. The van der Waals surface area contributed by atoms with E-state index in [1.54, 1.807) is 38.5 Å². The summed E-state index contributed by atoms with van der Waals surface area (Å²) in [6.07, 6.45) is 10.9. The lowest BCUT2D eigenvalue weighted by molar-refractivity contribution is -0.0565. The fourth-order valence-corrected chi connectivity index (χ4v) is 4.99. The molecule has 0 saturated heterocycles. The minimum atomic E-state index is 0.789. The van der Waals surface area contributed by atoms with Gasteiger partial charge in [0.05, 0.1) is 0 Å². The van der Waals surface area contributed by atoms with E-state index in [9.17, 15) is 0 Å². The number of hydrogen-bond donors (Lipinski definition) is 1. The van der Waals surface area contributed by atoms with Crippen LogP contribution in [0.15, 0.2) is 0 Å². The van der Waals surface area contributed by atoms with Gasteiger partial charge < -0.3 is 5.32 Å². The minimum Gasteiger partial charge on any atom is -0.320 e. The van der Waals surface area contributed by atoms with Gasteiger partial charge in [-0.15, -0.1) is 0 Å². The third kappa shape index (κ3) is 1.41. The van der Waals surface area contributed by atoms with Crippen molar-refractivity contribution >= 4 is 0 Å². The maximum absolute atomic E-state index is 3.34. The Hall–Kier alpha value is -0.0400. The molecule has 0 aromatic rings. The molecule has 4 aliphatic carbocycles. The standard InChI is InChI=1S/C13H23N/c1-14-3-2-13-7-10-4-11(8-13)6-12(5-10)9-13/h10-12,14H,2-9H2,1H3. The molecule has 4 rings (SSSR count). The van der Waals surface area contributed by atoms with Gasteiger partial charge in [0.2, 0.25) is 0 Å². The van der Waals surface area contributed by atoms with Gasteiger partial charge in [-0.05, 0) is 81.7 Å². The van der Waals surface area contributed by atoms with Crippen molar-refractivity contribution in [3.63, 3.8) is 0 Å². The third-order valence-corrected chi connectivity index (χ3v) is 5.07. The molecule has 4 aliphatic rings. The lowest BCUT2D eigenvalue weighted by atomic mass is 9.49. The van der Waals surface area contributed by atoms with Crippen molar-refractivity contribution in [1.29, 1.82) is 0 Å². The predicted molar refractivity (Wildman–Crippen MR) is 59.1 cm³/mol. The van der Waals surface area contributed by atoms with Crippen molar-refractivity contribution in [2.24, 2.45) is 23.2 Å². The van der Waals surface area contributed by atoms with Crippen molar-refractivity contribution in [3.8, 4) is 0 Å². The lowest BCUT2D eigenvalue weighted by Gasteiger charge is -2.57. The molecule has 0 aromatic heterocycles. The highest BCUT2D eigenvalue weighted by Gasteiger charge is 2.50. The summed E-state index contributed by atoms with van der Waals surface area (Å²) >= 11 is 0. The molecule has 14 heavy (non-hydrogen) atoms. The second-order valence-corrected chi connectivity index (χ2v) is 6.27. The zero-order valence-electron chi connectivity index (χ0n) is 9.39. The van der Waals surface area contributed by atoms with Crippen molar-refractivity contribution in [3.05, 3.63) is 0 Å². The molecule has 4 saturated carbocycles. The van der Waals surface area contributed by atoms with Crippen LogP contribution in [0.4, 0.5) is 0 Å². The van der Waals surface area contributed by atoms with Crippen LogP contribution < -0.4 is 5.32 Å². The molecule has 4 fully saturated rings. The summed E-state index contributed by atoms with van der Waals surface area (Å²) in [7, 11) is 2.10. The topological polar surface area (TPSA) is 12.0 Å². The van der Waals surface area contributed by atoms with Crippen LogP contribution in [0.25, 0.3) is 0 Å². The average molecular weight is 193 g/mol. The van der Waals surface area contributed by atoms with Crippen LogP contribution >= 0.6 is 0 Å². The fourth-order valence-electron chi connectivity index (χ4n) is 4.99. The Kier molecular flexibility index (Phi) is 2.12. The third-order valence-electron chi connectivity index (χ3n) is 5.07. The number of rotatable bonds is 3. The van der Waals surface area contributed by atoms with Crippen LogP contribution in [0.1, 0.15) is 44.9 Å². The minimum absolute atomic E-state index is 0.789. The van der Waals surface area contributed by atoms with E-state index in [2.05, 4.69) is 12.4 Å². The SMILES string of the molecule is CNCCC12CC3CC(CC(C3)C1)C2. The van der Waals surface area contributed by atoms with E-state index in [1.165, 1.54) is 13.0 Å². The Morgan fingerprint density at radius 3 is 1.93 bits per heavy atom. The molecule has 1 nitrogen and oxygen atoms in total. The molecular formula is C13H23N. The first-order chi connectivity index (χ1) is 6.80. The van der Waals surface area contributed by atoms with Crippen LogP contribution in [0.3, 0.4) is 0 Å². The molecule has 0 aromatic carbocycles. The average Bonchev–Trinajstić information content (AvgIpc) is 2.12. The smallest absolute Gasteiger partial charge is 0.00466 e. The Labute approximate surface area is 87.7 Å². The first-order valence-electron chi connectivity index (χ1n) is 6.44. The maximum Gasteiger partial charge on any atom is -0.00466 e. The van der Waals surface area contributed by atoms with E-state index < -0.39 is 0 Å². The van der Waals surface area contributed by atoms with Gasteiger partial charge in [0.15, 0.2) is 0 Å².